The van der Waals surface area contributed by atoms with E-state index in [1.54, 1.807) is 0 Å². The molecule has 2 fully saturated rings. The number of rotatable bonds is 2. The van der Waals surface area contributed by atoms with Gasteiger partial charge in [-0.15, -0.1) is 0 Å². The van der Waals surface area contributed by atoms with Gasteiger partial charge in [-0.3, -0.25) is 0 Å². The van der Waals surface area contributed by atoms with E-state index < -0.39 is 0 Å². The molecule has 0 amide bonds. The van der Waals surface area contributed by atoms with Gasteiger partial charge in [0.1, 0.15) is 0 Å². The predicted octanol–water partition coefficient (Wildman–Crippen LogP) is 4.79. The van der Waals surface area contributed by atoms with E-state index in [-0.39, 0.29) is 0 Å². The summed E-state index contributed by atoms with van der Waals surface area (Å²) in [6.07, 6.45) is 6.12. The van der Waals surface area contributed by atoms with Crippen molar-refractivity contribution >= 4 is 16.6 Å². The molecule has 2 aliphatic rings. The van der Waals surface area contributed by atoms with Gasteiger partial charge in [0.05, 0.1) is 0 Å². The van der Waals surface area contributed by atoms with E-state index in [0.717, 1.165) is 5.92 Å². The van der Waals surface area contributed by atoms with E-state index in [0.29, 0.717) is 16.9 Å². The number of nitrogens with one attached hydrogen (secondary N) is 2. The summed E-state index contributed by atoms with van der Waals surface area (Å²) in [5.41, 5.74) is 3.40. The highest BCUT2D eigenvalue weighted by molar-refractivity contribution is 5.83. The first-order valence-corrected chi connectivity index (χ1v) is 7.84. The van der Waals surface area contributed by atoms with Crippen molar-refractivity contribution in [2.24, 2.45) is 16.7 Å². The first-order valence-electron chi connectivity index (χ1n) is 7.84. The fourth-order valence-corrected chi connectivity index (χ4v) is 4.77. The van der Waals surface area contributed by atoms with Crippen LogP contribution in [0.5, 0.6) is 0 Å². The van der Waals surface area contributed by atoms with E-state index in [9.17, 15) is 0 Å². The second kappa shape index (κ2) is 3.81. The zero-order chi connectivity index (χ0) is 14.0. The summed E-state index contributed by atoms with van der Waals surface area (Å²) in [5, 5.41) is 5.13. The topological polar surface area (TPSA) is 27.8 Å². The minimum Gasteiger partial charge on any atom is -0.382 e. The van der Waals surface area contributed by atoms with Gasteiger partial charge < -0.3 is 10.3 Å². The Morgan fingerprint density at radius 3 is 2.75 bits per heavy atom. The molecule has 2 aromatic rings. The predicted molar refractivity (Wildman–Crippen MR) is 84.9 cm³/mol. The Kier molecular flexibility index (Phi) is 2.34. The van der Waals surface area contributed by atoms with Crippen molar-refractivity contribution in [3.63, 3.8) is 0 Å². The number of hydrogen-bond donors (Lipinski definition) is 2. The van der Waals surface area contributed by atoms with Crippen molar-refractivity contribution in [3.8, 4) is 0 Å². The zero-order valence-electron chi connectivity index (χ0n) is 12.7. The molecule has 1 aromatic heterocycles. The Morgan fingerprint density at radius 1 is 1.20 bits per heavy atom. The molecular formula is C18H24N2. The quantitative estimate of drug-likeness (QED) is 0.805. The first kappa shape index (κ1) is 12.3. The number of aromatic nitrogens is 1. The van der Waals surface area contributed by atoms with Crippen molar-refractivity contribution in [2.75, 3.05) is 5.32 Å². The SMILES string of the molecule is CC1(C)C2CCC1(C)C(Nc1ccc3[nH]ccc3c1)C2. The lowest BCUT2D eigenvalue weighted by atomic mass is 9.69. The van der Waals surface area contributed by atoms with Crippen LogP contribution in [0.15, 0.2) is 30.5 Å². The Balaban J connectivity index is 1.63. The second-order valence-corrected chi connectivity index (χ2v) is 7.59. The standard InChI is InChI=1S/C18H24N2/c1-17(2)13-6-8-18(17,3)16(11-13)20-14-4-5-15-12(10-14)7-9-19-15/h4-5,7,9-10,13,16,19-20H,6,8,11H2,1-3H3. The van der Waals surface area contributed by atoms with Crippen LogP contribution in [0.1, 0.15) is 40.0 Å². The lowest BCUT2D eigenvalue weighted by Crippen LogP contribution is -2.40. The van der Waals surface area contributed by atoms with Crippen LogP contribution < -0.4 is 5.32 Å². The van der Waals surface area contributed by atoms with Gasteiger partial charge in [0.25, 0.3) is 0 Å². The van der Waals surface area contributed by atoms with Gasteiger partial charge in [-0.25, -0.2) is 0 Å². The number of aromatic amines is 1. The zero-order valence-corrected chi connectivity index (χ0v) is 12.7. The van der Waals surface area contributed by atoms with Gasteiger partial charge in [0, 0.05) is 28.8 Å². The summed E-state index contributed by atoms with van der Waals surface area (Å²) in [6, 6.07) is 9.42. The van der Waals surface area contributed by atoms with E-state index in [2.05, 4.69) is 55.3 Å². The van der Waals surface area contributed by atoms with Gasteiger partial charge in [-0.1, -0.05) is 20.8 Å². The molecule has 0 radical (unpaired) electrons. The van der Waals surface area contributed by atoms with Crippen LogP contribution in [0.3, 0.4) is 0 Å². The maximum Gasteiger partial charge on any atom is 0.0455 e. The molecule has 1 heterocycles. The van der Waals surface area contributed by atoms with E-state index >= 15 is 0 Å². The molecule has 2 aliphatic carbocycles. The summed E-state index contributed by atoms with van der Waals surface area (Å²) in [6.45, 7) is 7.44. The Morgan fingerprint density at radius 2 is 2.05 bits per heavy atom. The van der Waals surface area contributed by atoms with Crippen LogP contribution in [0.4, 0.5) is 5.69 Å². The normalized spacial score (nSPS) is 34.8. The molecule has 0 saturated heterocycles. The molecule has 2 saturated carbocycles. The molecule has 2 heteroatoms. The third-order valence-corrected chi connectivity index (χ3v) is 6.69. The van der Waals surface area contributed by atoms with Crippen LogP contribution >= 0.6 is 0 Å². The summed E-state index contributed by atoms with van der Waals surface area (Å²) in [5.74, 6) is 0.890. The van der Waals surface area contributed by atoms with Crippen molar-refractivity contribution in [2.45, 2.75) is 46.1 Å². The largest absolute Gasteiger partial charge is 0.382 e. The number of hydrogen-bond acceptors (Lipinski definition) is 1. The maximum atomic E-state index is 3.84. The van der Waals surface area contributed by atoms with Crippen LogP contribution in [-0.4, -0.2) is 11.0 Å². The van der Waals surface area contributed by atoms with Crippen molar-refractivity contribution in [1.29, 1.82) is 0 Å². The minimum absolute atomic E-state index is 0.435. The third-order valence-electron chi connectivity index (χ3n) is 6.69. The van der Waals surface area contributed by atoms with Gasteiger partial charge in [-0.2, -0.15) is 0 Å². The van der Waals surface area contributed by atoms with Gasteiger partial charge in [0.2, 0.25) is 0 Å². The van der Waals surface area contributed by atoms with Crippen molar-refractivity contribution in [3.05, 3.63) is 30.5 Å². The molecular weight excluding hydrogens is 244 g/mol. The molecule has 3 unspecified atom stereocenters. The van der Waals surface area contributed by atoms with E-state index in [1.165, 1.54) is 35.9 Å². The molecule has 2 bridgehead atoms. The van der Waals surface area contributed by atoms with Gasteiger partial charge >= 0.3 is 0 Å². The van der Waals surface area contributed by atoms with Crippen molar-refractivity contribution in [1.82, 2.24) is 4.98 Å². The van der Waals surface area contributed by atoms with Crippen LogP contribution in [-0.2, 0) is 0 Å². The molecule has 106 valence electrons. The Bertz CT molecular complexity index is 654. The molecule has 20 heavy (non-hydrogen) atoms. The Hall–Kier alpha value is -1.44. The monoisotopic (exact) mass is 268 g/mol. The number of anilines is 1. The average Bonchev–Trinajstić information content (AvgIpc) is 3.00. The molecule has 2 N–H and O–H groups in total. The molecule has 0 spiro atoms. The Labute approximate surface area is 121 Å². The highest BCUT2D eigenvalue weighted by Crippen LogP contribution is 2.65. The lowest BCUT2D eigenvalue weighted by molar-refractivity contribution is 0.142. The van der Waals surface area contributed by atoms with Gasteiger partial charge in [0.15, 0.2) is 0 Å². The molecule has 1 aromatic carbocycles. The second-order valence-electron chi connectivity index (χ2n) is 7.59. The van der Waals surface area contributed by atoms with Crippen LogP contribution in [0, 0.1) is 16.7 Å². The summed E-state index contributed by atoms with van der Waals surface area (Å²) >= 11 is 0. The lowest BCUT2D eigenvalue weighted by Gasteiger charge is -2.40. The maximum absolute atomic E-state index is 3.84. The third kappa shape index (κ3) is 1.45. The van der Waals surface area contributed by atoms with E-state index in [4.69, 9.17) is 0 Å². The highest BCUT2D eigenvalue weighted by Gasteiger charge is 2.61. The number of benzene rings is 1. The van der Waals surface area contributed by atoms with Gasteiger partial charge in [-0.05, 0) is 60.3 Å². The molecule has 2 nitrogen and oxygen atoms in total. The molecule has 0 aliphatic heterocycles. The van der Waals surface area contributed by atoms with Crippen LogP contribution in [0.2, 0.25) is 0 Å². The average molecular weight is 268 g/mol. The summed E-state index contributed by atoms with van der Waals surface area (Å²) in [4.78, 5) is 3.26. The first-order chi connectivity index (χ1) is 9.50. The fraction of sp³-hybridized carbons (Fsp3) is 0.556. The molecule has 3 atom stereocenters. The summed E-state index contributed by atoms with van der Waals surface area (Å²) < 4.78 is 0. The van der Waals surface area contributed by atoms with Crippen molar-refractivity contribution < 1.29 is 0 Å². The smallest absolute Gasteiger partial charge is 0.0455 e. The van der Waals surface area contributed by atoms with E-state index in [1.807, 2.05) is 6.20 Å². The number of fused-ring (bicyclic) bond motifs is 3. The van der Waals surface area contributed by atoms with Crippen LogP contribution in [0.25, 0.3) is 10.9 Å². The summed E-state index contributed by atoms with van der Waals surface area (Å²) in [7, 11) is 0. The fourth-order valence-electron chi connectivity index (χ4n) is 4.77. The number of H-pyrrole nitrogens is 1. The minimum atomic E-state index is 0.435. The highest BCUT2D eigenvalue weighted by atomic mass is 15.0. The molecule has 4 rings (SSSR count).